The largest absolute Gasteiger partial charge is 0.375 e. The normalized spacial score (nSPS) is 10.0. The van der Waals surface area contributed by atoms with E-state index in [-0.39, 0.29) is 0 Å². The van der Waals surface area contributed by atoms with E-state index in [1.807, 2.05) is 24.3 Å². The molecule has 1 aromatic heterocycles. The van der Waals surface area contributed by atoms with E-state index in [4.69, 9.17) is 4.74 Å². The predicted octanol–water partition coefficient (Wildman–Crippen LogP) is 2.95. The maximum atomic E-state index is 5.47. The first-order chi connectivity index (χ1) is 6.93. The zero-order chi connectivity index (χ0) is 10.1. The van der Waals surface area contributed by atoms with Crippen molar-refractivity contribution in [3.05, 3.63) is 42.7 Å². The van der Waals surface area contributed by atoms with Gasteiger partial charge in [-0.1, -0.05) is 12.1 Å². The van der Waals surface area contributed by atoms with Crippen LogP contribution in [0, 0.1) is 0 Å². The Kier molecular flexibility index (Phi) is 5.68. The molecule has 0 atom stereocenters. The number of hydrogen-bond acceptors (Lipinski definition) is 2. The fourth-order valence-electron chi connectivity index (χ4n) is 1.15. The first-order valence-electron chi connectivity index (χ1n) is 5.02. The molecule has 0 saturated heterocycles. The molecule has 0 spiro atoms. The van der Waals surface area contributed by atoms with Crippen LogP contribution in [0.2, 0.25) is 0 Å². The Labute approximate surface area is 85.6 Å². The number of rotatable bonds is 7. The number of allylic oxidation sites excluding steroid dienone is 1. The molecule has 0 radical (unpaired) electrons. The summed E-state index contributed by atoms with van der Waals surface area (Å²) in [7, 11) is 0. The number of nitrogens with zero attached hydrogens (tertiary/aromatic N) is 1. The van der Waals surface area contributed by atoms with Gasteiger partial charge in [-0.3, -0.25) is 4.98 Å². The molecule has 0 aromatic carbocycles. The first-order valence-corrected chi connectivity index (χ1v) is 5.02. The van der Waals surface area contributed by atoms with Gasteiger partial charge >= 0.3 is 0 Å². The van der Waals surface area contributed by atoms with Crippen LogP contribution in [0.15, 0.2) is 37.1 Å². The van der Waals surface area contributed by atoms with Crippen LogP contribution in [-0.4, -0.2) is 11.6 Å². The summed E-state index contributed by atoms with van der Waals surface area (Å²) in [6, 6.07) is 5.86. The van der Waals surface area contributed by atoms with E-state index >= 15 is 0 Å². The zero-order valence-corrected chi connectivity index (χ0v) is 8.48. The van der Waals surface area contributed by atoms with E-state index < -0.39 is 0 Å². The molecule has 1 rings (SSSR count). The lowest BCUT2D eigenvalue weighted by Crippen LogP contribution is -1.96. The zero-order valence-electron chi connectivity index (χ0n) is 8.48. The molecule has 1 heterocycles. The summed E-state index contributed by atoms with van der Waals surface area (Å²) in [6.07, 6.45) is 7.06. The molecule has 0 amide bonds. The second-order valence-electron chi connectivity index (χ2n) is 3.16. The number of pyridine rings is 1. The highest BCUT2D eigenvalue weighted by molar-refractivity contribution is 5.01. The Morgan fingerprint density at radius 1 is 1.36 bits per heavy atom. The number of ether oxygens (including phenoxy) is 1. The topological polar surface area (TPSA) is 22.1 Å². The Morgan fingerprint density at radius 2 is 2.29 bits per heavy atom. The maximum absolute atomic E-state index is 5.47. The number of unbranched alkanes of at least 4 members (excludes halogenated alkanes) is 2. The minimum absolute atomic E-state index is 0.620. The fraction of sp³-hybridized carbons (Fsp3) is 0.417. The Hall–Kier alpha value is -1.15. The molecular formula is C12H17NO. The monoisotopic (exact) mass is 191 g/mol. The van der Waals surface area contributed by atoms with Crippen LogP contribution < -0.4 is 0 Å². The lowest BCUT2D eigenvalue weighted by atomic mass is 10.2. The van der Waals surface area contributed by atoms with Crippen molar-refractivity contribution in [1.29, 1.82) is 0 Å². The summed E-state index contributed by atoms with van der Waals surface area (Å²) >= 11 is 0. The second kappa shape index (κ2) is 7.27. The van der Waals surface area contributed by atoms with Crippen LogP contribution in [-0.2, 0) is 11.3 Å². The Balaban J connectivity index is 2.02. The highest BCUT2D eigenvalue weighted by Gasteiger charge is 1.92. The van der Waals surface area contributed by atoms with E-state index in [1.165, 1.54) is 0 Å². The van der Waals surface area contributed by atoms with Gasteiger partial charge in [0.05, 0.1) is 12.3 Å². The van der Waals surface area contributed by atoms with E-state index in [9.17, 15) is 0 Å². The van der Waals surface area contributed by atoms with Gasteiger partial charge in [-0.05, 0) is 31.4 Å². The number of aromatic nitrogens is 1. The molecule has 14 heavy (non-hydrogen) atoms. The summed E-state index contributed by atoms with van der Waals surface area (Å²) in [4.78, 5) is 4.17. The third-order valence-corrected chi connectivity index (χ3v) is 1.92. The molecule has 0 aliphatic carbocycles. The molecule has 0 fully saturated rings. The summed E-state index contributed by atoms with van der Waals surface area (Å²) in [5.41, 5.74) is 0.997. The predicted molar refractivity (Wildman–Crippen MR) is 57.9 cm³/mol. The maximum Gasteiger partial charge on any atom is 0.0887 e. The van der Waals surface area contributed by atoms with Crippen molar-refractivity contribution in [2.45, 2.75) is 25.9 Å². The summed E-state index contributed by atoms with van der Waals surface area (Å²) in [5.74, 6) is 0. The van der Waals surface area contributed by atoms with Crippen LogP contribution >= 0.6 is 0 Å². The van der Waals surface area contributed by atoms with Crippen molar-refractivity contribution < 1.29 is 4.74 Å². The minimum Gasteiger partial charge on any atom is -0.375 e. The lowest BCUT2D eigenvalue weighted by molar-refractivity contribution is 0.115. The Morgan fingerprint density at radius 3 is 3.00 bits per heavy atom. The molecule has 0 aliphatic heterocycles. The van der Waals surface area contributed by atoms with Crippen molar-refractivity contribution >= 4 is 0 Å². The molecule has 0 bridgehead atoms. The van der Waals surface area contributed by atoms with Gasteiger partial charge in [0.25, 0.3) is 0 Å². The van der Waals surface area contributed by atoms with Gasteiger partial charge in [0.1, 0.15) is 0 Å². The van der Waals surface area contributed by atoms with E-state index in [0.29, 0.717) is 6.61 Å². The van der Waals surface area contributed by atoms with Gasteiger partial charge in [0.2, 0.25) is 0 Å². The summed E-state index contributed by atoms with van der Waals surface area (Å²) in [6.45, 7) is 5.11. The third-order valence-electron chi connectivity index (χ3n) is 1.92. The van der Waals surface area contributed by atoms with Crippen LogP contribution in [0.4, 0.5) is 0 Å². The quantitative estimate of drug-likeness (QED) is 0.488. The molecule has 1 aromatic rings. The van der Waals surface area contributed by atoms with Gasteiger partial charge in [-0.15, -0.1) is 6.58 Å². The minimum atomic E-state index is 0.620. The average Bonchev–Trinajstić information content (AvgIpc) is 2.25. The van der Waals surface area contributed by atoms with E-state index in [0.717, 1.165) is 31.6 Å². The van der Waals surface area contributed by atoms with Crippen molar-refractivity contribution in [1.82, 2.24) is 4.98 Å². The third kappa shape index (κ3) is 4.77. The molecule has 0 unspecified atom stereocenters. The smallest absolute Gasteiger partial charge is 0.0887 e. The summed E-state index contributed by atoms with van der Waals surface area (Å²) in [5, 5.41) is 0. The van der Waals surface area contributed by atoms with Gasteiger partial charge in [-0.2, -0.15) is 0 Å². The van der Waals surface area contributed by atoms with Gasteiger partial charge in [0, 0.05) is 12.8 Å². The molecule has 2 heteroatoms. The molecule has 0 N–H and O–H groups in total. The van der Waals surface area contributed by atoms with Crippen molar-refractivity contribution in [3.63, 3.8) is 0 Å². The molecule has 0 aliphatic rings. The van der Waals surface area contributed by atoms with Gasteiger partial charge in [-0.25, -0.2) is 0 Å². The van der Waals surface area contributed by atoms with Crippen molar-refractivity contribution in [3.8, 4) is 0 Å². The Bertz CT molecular complexity index is 246. The van der Waals surface area contributed by atoms with Gasteiger partial charge < -0.3 is 4.74 Å². The van der Waals surface area contributed by atoms with Crippen LogP contribution in [0.1, 0.15) is 25.0 Å². The van der Waals surface area contributed by atoms with Crippen molar-refractivity contribution in [2.24, 2.45) is 0 Å². The SMILES string of the molecule is C=CCCCCOCc1ccccn1. The second-order valence-corrected chi connectivity index (χ2v) is 3.16. The fourth-order valence-corrected chi connectivity index (χ4v) is 1.15. The van der Waals surface area contributed by atoms with E-state index in [1.54, 1.807) is 6.20 Å². The van der Waals surface area contributed by atoms with Crippen LogP contribution in [0.25, 0.3) is 0 Å². The molecule has 0 saturated carbocycles. The molecule has 76 valence electrons. The molecular weight excluding hydrogens is 174 g/mol. The number of hydrogen-bond donors (Lipinski definition) is 0. The highest BCUT2D eigenvalue weighted by atomic mass is 16.5. The van der Waals surface area contributed by atoms with Crippen LogP contribution in [0.3, 0.4) is 0 Å². The average molecular weight is 191 g/mol. The molecule has 2 nitrogen and oxygen atoms in total. The highest BCUT2D eigenvalue weighted by Crippen LogP contribution is 1.99. The van der Waals surface area contributed by atoms with Crippen molar-refractivity contribution in [2.75, 3.05) is 6.61 Å². The standard InChI is InChI=1S/C12H17NO/c1-2-3-4-7-10-14-11-12-8-5-6-9-13-12/h2,5-6,8-9H,1,3-4,7,10-11H2. The van der Waals surface area contributed by atoms with Crippen LogP contribution in [0.5, 0.6) is 0 Å². The van der Waals surface area contributed by atoms with E-state index in [2.05, 4.69) is 11.6 Å². The summed E-state index contributed by atoms with van der Waals surface area (Å²) < 4.78 is 5.47. The first kappa shape index (κ1) is 10.9. The lowest BCUT2D eigenvalue weighted by Gasteiger charge is -2.02. The van der Waals surface area contributed by atoms with Gasteiger partial charge in [0.15, 0.2) is 0 Å².